The van der Waals surface area contributed by atoms with E-state index in [1.165, 1.54) is 41.9 Å². The Morgan fingerprint density at radius 1 is 0.625 bits per heavy atom. The lowest BCUT2D eigenvalue weighted by atomic mass is 9.88. The van der Waals surface area contributed by atoms with Crippen LogP contribution in [-0.2, 0) is 5.41 Å². The maximum absolute atomic E-state index is 9.51. The molecule has 2 aliphatic heterocycles. The van der Waals surface area contributed by atoms with E-state index in [2.05, 4.69) is 136 Å². The standard InChI is InChI=1S/C43H33N3S2/c1-26-5-11-29(12-6-26)40-32-17-18-33(45-32)41(31-15-9-28(25-44)10-16-31)37-22-24-39(48-37)43(3,4)38-23-19-34(46-38)42(36-21-20-35(40)47-36)30-13-7-27(2)8-14-30/h5-24,46H,1-4H3/b40-35-,41-33-,42-36-. The highest BCUT2D eigenvalue weighted by molar-refractivity contribution is 7.13. The fourth-order valence-corrected chi connectivity index (χ4v) is 8.87. The molecule has 5 heteroatoms. The molecule has 0 saturated carbocycles. The molecule has 2 aliphatic rings. The van der Waals surface area contributed by atoms with Crippen molar-refractivity contribution in [3.63, 3.8) is 0 Å². The number of thiophene rings is 2. The molecule has 0 fully saturated rings. The predicted octanol–water partition coefficient (Wildman–Crippen LogP) is 9.18. The number of nitrogens with zero attached hydrogens (tertiary/aromatic N) is 2. The number of aryl methyl sites for hydroxylation is 2. The highest BCUT2D eigenvalue weighted by atomic mass is 32.1. The van der Waals surface area contributed by atoms with Crippen molar-refractivity contribution < 1.29 is 0 Å². The Kier molecular flexibility index (Phi) is 7.36. The summed E-state index contributed by atoms with van der Waals surface area (Å²) < 4.78 is 2.37. The Bertz CT molecular complexity index is 2470. The van der Waals surface area contributed by atoms with Gasteiger partial charge in [-0.25, -0.2) is 4.99 Å². The van der Waals surface area contributed by atoms with Gasteiger partial charge in [-0.1, -0.05) is 71.8 Å². The number of aromatic nitrogens is 1. The van der Waals surface area contributed by atoms with Crippen molar-refractivity contribution in [3.05, 3.63) is 191 Å². The summed E-state index contributed by atoms with van der Waals surface area (Å²) in [4.78, 5) is 11.7. The van der Waals surface area contributed by atoms with Gasteiger partial charge in [-0.3, -0.25) is 0 Å². The zero-order valence-electron chi connectivity index (χ0n) is 27.3. The van der Waals surface area contributed by atoms with Gasteiger partial charge in [0.15, 0.2) is 0 Å². The van der Waals surface area contributed by atoms with Crippen LogP contribution in [0.4, 0.5) is 0 Å². The molecule has 8 bridgehead atoms. The van der Waals surface area contributed by atoms with Crippen LogP contribution in [-0.4, -0.2) is 10.7 Å². The van der Waals surface area contributed by atoms with E-state index in [1.54, 1.807) is 22.7 Å². The van der Waals surface area contributed by atoms with Crippen LogP contribution in [0, 0.1) is 25.2 Å². The Balaban J connectivity index is 1.48. The largest absolute Gasteiger partial charge is 0.358 e. The van der Waals surface area contributed by atoms with Gasteiger partial charge >= 0.3 is 0 Å². The third-order valence-corrected chi connectivity index (χ3v) is 11.9. The third kappa shape index (κ3) is 5.24. The number of fused-ring (bicyclic) bond motifs is 7. The smallest absolute Gasteiger partial charge is 0.0991 e. The molecule has 3 aromatic heterocycles. The second-order valence-corrected chi connectivity index (χ2v) is 15.2. The van der Waals surface area contributed by atoms with Gasteiger partial charge in [0.1, 0.15) is 0 Å². The van der Waals surface area contributed by atoms with Crippen LogP contribution < -0.4 is 9.06 Å². The number of allylic oxidation sites excluding steroid dienone is 2. The minimum absolute atomic E-state index is 0.260. The van der Waals surface area contributed by atoms with E-state index in [0.29, 0.717) is 5.56 Å². The van der Waals surface area contributed by atoms with Crippen LogP contribution >= 0.6 is 22.7 Å². The van der Waals surface area contributed by atoms with Crippen molar-refractivity contribution in [2.45, 2.75) is 33.1 Å². The highest BCUT2D eigenvalue weighted by Gasteiger charge is 2.29. The fraction of sp³-hybridized carbons (Fsp3) is 0.116. The number of aromatic amines is 1. The van der Waals surface area contributed by atoms with Gasteiger partial charge in [-0.2, -0.15) is 5.26 Å². The number of hydrogen-bond acceptors (Lipinski definition) is 4. The highest BCUT2D eigenvalue weighted by Crippen LogP contribution is 2.41. The Morgan fingerprint density at radius 3 is 1.90 bits per heavy atom. The summed E-state index contributed by atoms with van der Waals surface area (Å²) in [6, 6.07) is 41.2. The normalized spacial score (nSPS) is 18.9. The zero-order chi connectivity index (χ0) is 33.0. The van der Waals surface area contributed by atoms with E-state index in [-0.39, 0.29) is 5.41 Å². The molecule has 3 nitrogen and oxygen atoms in total. The van der Waals surface area contributed by atoms with Gasteiger partial charge in [-0.05, 0) is 105 Å². The van der Waals surface area contributed by atoms with Gasteiger partial charge in [0.2, 0.25) is 0 Å². The summed E-state index contributed by atoms with van der Waals surface area (Å²) in [6.07, 6.45) is 4.31. The number of rotatable bonds is 3. The van der Waals surface area contributed by atoms with E-state index in [1.807, 2.05) is 24.3 Å². The second kappa shape index (κ2) is 11.8. The number of aliphatic imine (C=N–C) groups is 1. The van der Waals surface area contributed by atoms with Crippen molar-refractivity contribution in [3.8, 4) is 6.07 Å². The molecule has 8 rings (SSSR count). The van der Waals surface area contributed by atoms with Crippen LogP contribution in [0.5, 0.6) is 0 Å². The van der Waals surface area contributed by atoms with Gasteiger partial charge in [0, 0.05) is 52.3 Å². The number of nitriles is 1. The van der Waals surface area contributed by atoms with Crippen LogP contribution in [0.15, 0.2) is 132 Å². The first-order chi connectivity index (χ1) is 23.3. The monoisotopic (exact) mass is 655 g/mol. The molecule has 5 heterocycles. The predicted molar refractivity (Wildman–Crippen MR) is 201 cm³/mol. The number of hydrogen-bond donors (Lipinski definition) is 1. The van der Waals surface area contributed by atoms with Crippen LogP contribution in [0.2, 0.25) is 0 Å². The lowest BCUT2D eigenvalue weighted by Gasteiger charge is -2.22. The SMILES string of the molecule is Cc1ccc(/C2=c3\cc/c(s3)=C(\c3ccc(C)cc3)c3ccc([nH]3)C(C)(C)c3ccc(s3)/C(c3ccc(C#N)cc3)=C3/C=CC2=N3)cc1. The molecule has 0 aliphatic carbocycles. The fourth-order valence-electron chi connectivity index (χ4n) is 6.51. The van der Waals surface area contributed by atoms with Gasteiger partial charge in [0.05, 0.1) is 23.0 Å². The van der Waals surface area contributed by atoms with Crippen LogP contribution in [0.3, 0.4) is 0 Å². The average Bonchev–Trinajstić information content (AvgIpc) is 3.93. The van der Waals surface area contributed by atoms with Crippen molar-refractivity contribution in [2.75, 3.05) is 0 Å². The lowest BCUT2D eigenvalue weighted by Crippen LogP contribution is -2.18. The molecule has 0 saturated heterocycles. The zero-order valence-corrected chi connectivity index (χ0v) is 28.9. The maximum Gasteiger partial charge on any atom is 0.0991 e. The molecule has 0 spiro atoms. The van der Waals surface area contributed by atoms with Crippen molar-refractivity contribution in [2.24, 2.45) is 4.99 Å². The topological polar surface area (TPSA) is 51.9 Å². The first-order valence-electron chi connectivity index (χ1n) is 16.1. The van der Waals surface area contributed by atoms with Crippen LogP contribution in [0.1, 0.15) is 68.4 Å². The molecule has 232 valence electrons. The van der Waals surface area contributed by atoms with E-state index >= 15 is 0 Å². The molecule has 0 amide bonds. The van der Waals surface area contributed by atoms with E-state index in [9.17, 15) is 5.26 Å². The van der Waals surface area contributed by atoms with E-state index in [4.69, 9.17) is 4.99 Å². The Morgan fingerprint density at radius 2 is 1.23 bits per heavy atom. The quantitative estimate of drug-likeness (QED) is 0.203. The second-order valence-electron chi connectivity index (χ2n) is 13.0. The summed E-state index contributed by atoms with van der Waals surface area (Å²) in [7, 11) is 0. The molecule has 0 atom stereocenters. The van der Waals surface area contributed by atoms with Crippen molar-refractivity contribution in [1.29, 1.82) is 5.26 Å². The molecule has 1 N–H and O–H groups in total. The Labute approximate surface area is 288 Å². The molecule has 0 radical (unpaired) electrons. The number of H-pyrrole nitrogens is 1. The molecular weight excluding hydrogens is 623 g/mol. The number of nitrogens with one attached hydrogen (secondary N) is 1. The minimum Gasteiger partial charge on any atom is -0.358 e. The van der Waals surface area contributed by atoms with Gasteiger partial charge in [0.25, 0.3) is 0 Å². The molecule has 48 heavy (non-hydrogen) atoms. The Hall–Kier alpha value is -5.28. The first-order valence-corrected chi connectivity index (χ1v) is 17.7. The molecule has 6 aromatic rings. The van der Waals surface area contributed by atoms with E-state index in [0.717, 1.165) is 44.3 Å². The summed E-state index contributed by atoms with van der Waals surface area (Å²) in [5.74, 6) is 0. The van der Waals surface area contributed by atoms with Crippen LogP contribution in [0.25, 0.3) is 16.7 Å². The van der Waals surface area contributed by atoms with Crippen molar-refractivity contribution in [1.82, 2.24) is 4.98 Å². The lowest BCUT2D eigenvalue weighted by molar-refractivity contribution is 0.635. The maximum atomic E-state index is 9.51. The summed E-state index contributed by atoms with van der Waals surface area (Å²) in [5, 5.41) is 9.51. The summed E-state index contributed by atoms with van der Waals surface area (Å²) in [5.41, 5.74) is 13.7. The number of benzene rings is 3. The summed E-state index contributed by atoms with van der Waals surface area (Å²) in [6.45, 7) is 8.84. The third-order valence-electron chi connectivity index (χ3n) is 9.33. The first kappa shape index (κ1) is 30.1. The molecule has 0 unspecified atom stereocenters. The summed E-state index contributed by atoms with van der Waals surface area (Å²) >= 11 is 3.61. The minimum atomic E-state index is -0.260. The van der Waals surface area contributed by atoms with Gasteiger partial charge in [-0.15, -0.1) is 22.7 Å². The van der Waals surface area contributed by atoms with Gasteiger partial charge < -0.3 is 4.98 Å². The van der Waals surface area contributed by atoms with E-state index < -0.39 is 0 Å². The average molecular weight is 656 g/mol. The van der Waals surface area contributed by atoms with Crippen molar-refractivity contribution >= 4 is 45.1 Å². The molecule has 3 aromatic carbocycles. The molecular formula is C43H33N3S2.